The van der Waals surface area contributed by atoms with Crippen molar-refractivity contribution in [2.45, 2.75) is 38.5 Å². The van der Waals surface area contributed by atoms with Gasteiger partial charge in [0.15, 0.2) is 0 Å². The number of fused-ring (bicyclic) bond motifs is 8. The highest BCUT2D eigenvalue weighted by Gasteiger charge is 2.45. The van der Waals surface area contributed by atoms with Gasteiger partial charge < -0.3 is 14.8 Å². The van der Waals surface area contributed by atoms with E-state index in [0.29, 0.717) is 0 Å². The number of anilines is 1. The highest BCUT2D eigenvalue weighted by atomic mass is 16.5. The van der Waals surface area contributed by atoms with E-state index in [1.807, 2.05) is 6.07 Å². The molecule has 2 heterocycles. The van der Waals surface area contributed by atoms with Crippen LogP contribution >= 0.6 is 0 Å². The zero-order valence-corrected chi connectivity index (χ0v) is 16.7. The molecule has 2 aliphatic heterocycles. The van der Waals surface area contributed by atoms with Crippen molar-refractivity contribution in [3.63, 3.8) is 0 Å². The Kier molecular flexibility index (Phi) is 3.78. The summed E-state index contributed by atoms with van der Waals surface area (Å²) in [7, 11) is 1.76. The molecule has 5 rings (SSSR count). The monoisotopic (exact) mass is 371 g/mol. The van der Waals surface area contributed by atoms with Crippen LogP contribution in [0.3, 0.4) is 0 Å². The van der Waals surface area contributed by atoms with Gasteiger partial charge in [0.25, 0.3) is 0 Å². The van der Waals surface area contributed by atoms with Crippen molar-refractivity contribution in [2.75, 3.05) is 12.4 Å². The molecule has 0 aromatic heterocycles. The van der Waals surface area contributed by atoms with Gasteiger partial charge in [0, 0.05) is 16.7 Å². The van der Waals surface area contributed by atoms with Crippen molar-refractivity contribution in [1.82, 2.24) is 0 Å². The fraction of sp³-hybridized carbons (Fsp3) is 0.280. The minimum absolute atomic E-state index is 0.0174. The van der Waals surface area contributed by atoms with Gasteiger partial charge in [-0.2, -0.15) is 0 Å². The lowest BCUT2D eigenvalue weighted by atomic mass is 9.83. The summed E-state index contributed by atoms with van der Waals surface area (Å²) in [5.74, 6) is 0.897. The van der Waals surface area contributed by atoms with Gasteiger partial charge in [-0.25, -0.2) is 0 Å². The summed E-state index contributed by atoms with van der Waals surface area (Å²) >= 11 is 0. The molecule has 28 heavy (non-hydrogen) atoms. The van der Waals surface area contributed by atoms with E-state index in [1.54, 1.807) is 7.11 Å². The van der Waals surface area contributed by atoms with Gasteiger partial charge >= 0.3 is 0 Å². The molecule has 3 aromatic rings. The van der Waals surface area contributed by atoms with Gasteiger partial charge in [0.2, 0.25) is 0 Å². The van der Waals surface area contributed by atoms with E-state index in [9.17, 15) is 0 Å². The molecule has 1 N–H and O–H groups in total. The number of hydrogen-bond donors (Lipinski definition) is 1. The summed E-state index contributed by atoms with van der Waals surface area (Å²) < 4.78 is 12.4. The summed E-state index contributed by atoms with van der Waals surface area (Å²) in [6.07, 6.45) is -0.0762. The lowest BCUT2D eigenvalue weighted by Crippen LogP contribution is -2.27. The molecule has 142 valence electrons. The third kappa shape index (κ3) is 2.54. The van der Waals surface area contributed by atoms with E-state index in [-0.39, 0.29) is 17.7 Å². The molecule has 2 bridgehead atoms. The summed E-state index contributed by atoms with van der Waals surface area (Å²) in [5, 5.41) is 3.70. The van der Waals surface area contributed by atoms with Crippen LogP contribution in [0.4, 0.5) is 5.69 Å². The molecular weight excluding hydrogens is 346 g/mol. The Labute approximate surface area is 166 Å². The third-order valence-corrected chi connectivity index (χ3v) is 5.52. The van der Waals surface area contributed by atoms with E-state index in [4.69, 9.17) is 9.47 Å². The Hall–Kier alpha value is -2.78. The minimum atomic E-state index is -0.0958. The van der Waals surface area contributed by atoms with E-state index < -0.39 is 0 Å². The highest BCUT2D eigenvalue weighted by Crippen LogP contribution is 2.59. The molecule has 2 aliphatic rings. The Bertz CT molecular complexity index is 1050. The quantitative estimate of drug-likeness (QED) is 0.604. The van der Waals surface area contributed by atoms with Gasteiger partial charge in [-0.3, -0.25) is 0 Å². The first-order chi connectivity index (χ1) is 13.5. The van der Waals surface area contributed by atoms with Crippen molar-refractivity contribution < 1.29 is 9.47 Å². The van der Waals surface area contributed by atoms with Crippen LogP contribution in [0.2, 0.25) is 0 Å². The molecule has 2 unspecified atom stereocenters. The Balaban J connectivity index is 1.78. The summed E-state index contributed by atoms with van der Waals surface area (Å²) in [6.45, 7) is 6.52. The smallest absolute Gasteiger partial charge is 0.149 e. The summed E-state index contributed by atoms with van der Waals surface area (Å²) in [4.78, 5) is 0. The largest absolute Gasteiger partial charge is 0.494 e. The SMILES string of the molecule is COc1c(NC(C)(C)C)c(-c2ccccc2)cc2c1C1OC2c2ccccc21. The van der Waals surface area contributed by atoms with Crippen LogP contribution in [-0.2, 0) is 4.74 Å². The molecule has 0 saturated heterocycles. The zero-order chi connectivity index (χ0) is 19.5. The van der Waals surface area contributed by atoms with Crippen LogP contribution in [0.25, 0.3) is 11.1 Å². The molecule has 0 amide bonds. The van der Waals surface area contributed by atoms with Crippen LogP contribution < -0.4 is 10.1 Å². The van der Waals surface area contributed by atoms with Gasteiger partial charge in [0.05, 0.1) is 12.8 Å². The molecule has 0 fully saturated rings. The average molecular weight is 371 g/mol. The fourth-order valence-corrected chi connectivity index (χ4v) is 4.47. The van der Waals surface area contributed by atoms with Crippen molar-refractivity contribution >= 4 is 5.69 Å². The maximum atomic E-state index is 6.42. The molecule has 3 heteroatoms. The third-order valence-electron chi connectivity index (χ3n) is 5.52. The molecule has 0 spiro atoms. The first-order valence-electron chi connectivity index (χ1n) is 9.80. The number of nitrogens with one attached hydrogen (secondary N) is 1. The van der Waals surface area contributed by atoms with Crippen molar-refractivity contribution in [3.8, 4) is 16.9 Å². The predicted octanol–water partition coefficient (Wildman–Crippen LogP) is 6.10. The van der Waals surface area contributed by atoms with E-state index in [1.165, 1.54) is 22.3 Å². The molecule has 2 atom stereocenters. The number of benzene rings is 3. The average Bonchev–Trinajstić information content (AvgIpc) is 3.24. The molecular formula is C25H25NO2. The van der Waals surface area contributed by atoms with Gasteiger partial charge in [0.1, 0.15) is 18.0 Å². The number of ether oxygens (including phenoxy) is 2. The second-order valence-electron chi connectivity index (χ2n) is 8.60. The number of rotatable bonds is 3. The normalized spacial score (nSPS) is 19.3. The Morgan fingerprint density at radius 2 is 1.50 bits per heavy atom. The minimum Gasteiger partial charge on any atom is -0.494 e. The Morgan fingerprint density at radius 1 is 0.857 bits per heavy atom. The van der Waals surface area contributed by atoms with Crippen LogP contribution in [-0.4, -0.2) is 12.6 Å². The predicted molar refractivity (Wildman–Crippen MR) is 113 cm³/mol. The van der Waals surface area contributed by atoms with E-state index in [0.717, 1.165) is 22.6 Å². The second kappa shape index (κ2) is 6.11. The zero-order valence-electron chi connectivity index (χ0n) is 16.7. The van der Waals surface area contributed by atoms with Gasteiger partial charge in [-0.05, 0) is 49.1 Å². The first kappa shape index (κ1) is 17.3. The molecule has 3 aromatic carbocycles. The number of hydrogen-bond acceptors (Lipinski definition) is 3. The van der Waals surface area contributed by atoms with Crippen LogP contribution in [0.5, 0.6) is 5.75 Å². The van der Waals surface area contributed by atoms with Crippen LogP contribution in [0.15, 0.2) is 60.7 Å². The fourth-order valence-electron chi connectivity index (χ4n) is 4.47. The molecule has 0 saturated carbocycles. The first-order valence-corrected chi connectivity index (χ1v) is 9.80. The van der Waals surface area contributed by atoms with Gasteiger partial charge in [-0.15, -0.1) is 0 Å². The van der Waals surface area contributed by atoms with Crippen LogP contribution in [0.1, 0.15) is 55.2 Å². The molecule has 0 aliphatic carbocycles. The highest BCUT2D eigenvalue weighted by molar-refractivity contribution is 5.86. The van der Waals surface area contributed by atoms with E-state index in [2.05, 4.69) is 80.7 Å². The molecule has 3 nitrogen and oxygen atoms in total. The van der Waals surface area contributed by atoms with Gasteiger partial charge in [-0.1, -0.05) is 54.6 Å². The summed E-state index contributed by atoms with van der Waals surface area (Å²) in [6, 6.07) is 21.3. The van der Waals surface area contributed by atoms with Crippen molar-refractivity contribution in [1.29, 1.82) is 0 Å². The van der Waals surface area contributed by atoms with Crippen molar-refractivity contribution in [3.05, 3.63) is 82.9 Å². The lowest BCUT2D eigenvalue weighted by Gasteiger charge is -2.29. The second-order valence-corrected chi connectivity index (χ2v) is 8.60. The van der Waals surface area contributed by atoms with Crippen molar-refractivity contribution in [2.24, 2.45) is 0 Å². The molecule has 0 radical (unpaired) electrons. The standard InChI is InChI=1S/C25H25NO2/c1-25(2,3)26-21-18(15-10-6-5-7-11-15)14-19-20(24(21)27-4)23-17-13-9-8-12-16(17)22(19)28-23/h5-14,22-23,26H,1-4H3. The van der Waals surface area contributed by atoms with Crippen LogP contribution in [0, 0.1) is 0 Å². The lowest BCUT2D eigenvalue weighted by molar-refractivity contribution is 0.0849. The summed E-state index contributed by atoms with van der Waals surface area (Å²) in [5.41, 5.74) is 8.18. The number of methoxy groups -OCH3 is 1. The maximum Gasteiger partial charge on any atom is 0.149 e. The maximum absolute atomic E-state index is 6.42. The Morgan fingerprint density at radius 3 is 2.14 bits per heavy atom. The topological polar surface area (TPSA) is 30.5 Å². The van der Waals surface area contributed by atoms with E-state index >= 15 is 0 Å².